The van der Waals surface area contributed by atoms with Gasteiger partial charge in [-0.1, -0.05) is 6.07 Å². The summed E-state index contributed by atoms with van der Waals surface area (Å²) in [4.78, 5) is 25.6. The number of fused-ring (bicyclic) bond motifs is 1. The highest BCUT2D eigenvalue weighted by Gasteiger charge is 2.22. The van der Waals surface area contributed by atoms with E-state index in [2.05, 4.69) is 0 Å². The first kappa shape index (κ1) is 11.5. The minimum Gasteiger partial charge on any atom is -0.339 e. The lowest BCUT2D eigenvalue weighted by Crippen LogP contribution is -2.28. The number of aryl methyl sites for hydroxylation is 1. The summed E-state index contributed by atoms with van der Waals surface area (Å²) >= 11 is 0. The van der Waals surface area contributed by atoms with Gasteiger partial charge in [0.15, 0.2) is 0 Å². The monoisotopic (exact) mass is 243 g/mol. The molecule has 94 valence electrons. The first-order chi connectivity index (χ1) is 8.74. The van der Waals surface area contributed by atoms with Gasteiger partial charge in [0.2, 0.25) is 0 Å². The summed E-state index contributed by atoms with van der Waals surface area (Å²) in [6, 6.07) is 5.82. The molecule has 1 fully saturated rings. The Morgan fingerprint density at radius 1 is 1.06 bits per heavy atom. The number of likely N-dealkylation sites (tertiary alicyclic amines) is 1. The molecule has 0 N–H and O–H groups in total. The Hall–Kier alpha value is -1.64. The lowest BCUT2D eigenvalue weighted by Gasteiger charge is -2.19. The number of nitrogens with zero attached hydrogens (tertiary/aromatic N) is 1. The van der Waals surface area contributed by atoms with Crippen LogP contribution in [-0.4, -0.2) is 29.7 Å². The topological polar surface area (TPSA) is 37.4 Å². The Morgan fingerprint density at radius 2 is 1.83 bits per heavy atom. The van der Waals surface area contributed by atoms with E-state index in [9.17, 15) is 9.59 Å². The molecule has 0 atom stereocenters. The lowest BCUT2D eigenvalue weighted by atomic mass is 9.89. The molecule has 1 saturated heterocycles. The van der Waals surface area contributed by atoms with Crippen LogP contribution in [0.1, 0.15) is 40.7 Å². The van der Waals surface area contributed by atoms with Gasteiger partial charge in [0.05, 0.1) is 0 Å². The maximum absolute atomic E-state index is 12.3. The van der Waals surface area contributed by atoms with Crippen molar-refractivity contribution in [2.24, 2.45) is 0 Å². The minimum absolute atomic E-state index is 0.146. The van der Waals surface area contributed by atoms with Crippen LogP contribution in [0.25, 0.3) is 0 Å². The maximum Gasteiger partial charge on any atom is 0.253 e. The van der Waals surface area contributed by atoms with Crippen LogP contribution in [0.5, 0.6) is 0 Å². The number of ketones is 1. The Labute approximate surface area is 107 Å². The first-order valence-corrected chi connectivity index (χ1v) is 6.67. The summed E-state index contributed by atoms with van der Waals surface area (Å²) < 4.78 is 0. The molecule has 3 heteroatoms. The number of hydrogen-bond acceptors (Lipinski definition) is 2. The fourth-order valence-corrected chi connectivity index (χ4v) is 2.84. The molecule has 3 rings (SSSR count). The van der Waals surface area contributed by atoms with Gasteiger partial charge in [0.1, 0.15) is 5.78 Å². The van der Waals surface area contributed by atoms with Crippen LogP contribution in [0.4, 0.5) is 0 Å². The molecule has 0 bridgehead atoms. The van der Waals surface area contributed by atoms with Crippen molar-refractivity contribution in [1.29, 1.82) is 0 Å². The molecule has 1 heterocycles. The zero-order valence-electron chi connectivity index (χ0n) is 10.4. The molecular weight excluding hydrogens is 226 g/mol. The van der Waals surface area contributed by atoms with Gasteiger partial charge in [-0.15, -0.1) is 0 Å². The number of Topliss-reactive ketones (excluding diaryl/α,β-unsaturated/α-hetero) is 1. The summed E-state index contributed by atoms with van der Waals surface area (Å²) in [6.07, 6.45) is 4.17. The van der Waals surface area contributed by atoms with E-state index in [0.717, 1.165) is 43.5 Å². The average Bonchev–Trinajstić information content (AvgIpc) is 2.91. The number of carbonyl (C=O) groups excluding carboxylic acids is 2. The van der Waals surface area contributed by atoms with E-state index in [1.165, 1.54) is 5.56 Å². The van der Waals surface area contributed by atoms with Crippen LogP contribution >= 0.6 is 0 Å². The summed E-state index contributed by atoms with van der Waals surface area (Å²) in [7, 11) is 0. The fraction of sp³-hybridized carbons (Fsp3) is 0.467. The Morgan fingerprint density at radius 3 is 2.61 bits per heavy atom. The van der Waals surface area contributed by atoms with Crippen LogP contribution in [0.15, 0.2) is 18.2 Å². The van der Waals surface area contributed by atoms with E-state index in [1.807, 2.05) is 23.1 Å². The molecule has 1 aliphatic carbocycles. The van der Waals surface area contributed by atoms with Gasteiger partial charge in [-0.3, -0.25) is 9.59 Å². The second-order valence-corrected chi connectivity index (χ2v) is 5.20. The van der Waals surface area contributed by atoms with Crippen LogP contribution in [0, 0.1) is 0 Å². The molecule has 1 aromatic rings. The molecule has 1 aromatic carbocycles. The quantitative estimate of drug-likeness (QED) is 0.756. The van der Waals surface area contributed by atoms with Crippen molar-refractivity contribution in [2.75, 3.05) is 13.1 Å². The highest BCUT2D eigenvalue weighted by atomic mass is 16.2. The van der Waals surface area contributed by atoms with Gasteiger partial charge >= 0.3 is 0 Å². The van der Waals surface area contributed by atoms with Crippen molar-refractivity contribution >= 4 is 11.7 Å². The predicted octanol–water partition coefficient (Wildman–Crippen LogP) is 1.98. The molecule has 0 spiro atoms. The molecule has 18 heavy (non-hydrogen) atoms. The number of carbonyl (C=O) groups is 2. The van der Waals surface area contributed by atoms with Crippen molar-refractivity contribution in [2.45, 2.75) is 32.1 Å². The SMILES string of the molecule is O=C1CCc2cc(C(=O)N3CCCC3)ccc2C1. The van der Waals surface area contributed by atoms with E-state index in [1.54, 1.807) is 0 Å². The zero-order chi connectivity index (χ0) is 12.5. The summed E-state index contributed by atoms with van der Waals surface area (Å²) in [5, 5.41) is 0. The van der Waals surface area contributed by atoms with E-state index in [-0.39, 0.29) is 5.91 Å². The summed E-state index contributed by atoms with van der Waals surface area (Å²) in [6.45, 7) is 1.77. The van der Waals surface area contributed by atoms with E-state index in [0.29, 0.717) is 18.6 Å². The second-order valence-electron chi connectivity index (χ2n) is 5.20. The van der Waals surface area contributed by atoms with Gasteiger partial charge in [0.25, 0.3) is 5.91 Å². The first-order valence-electron chi connectivity index (χ1n) is 6.67. The molecule has 3 nitrogen and oxygen atoms in total. The van der Waals surface area contributed by atoms with Gasteiger partial charge in [0, 0.05) is 31.5 Å². The molecule has 0 saturated carbocycles. The molecule has 0 unspecified atom stereocenters. The summed E-state index contributed by atoms with van der Waals surface area (Å²) in [5.41, 5.74) is 3.06. The third-order valence-corrected chi connectivity index (χ3v) is 3.91. The molecular formula is C15H17NO2. The second kappa shape index (κ2) is 4.56. The summed E-state index contributed by atoms with van der Waals surface area (Å²) in [5.74, 6) is 0.452. The molecule has 0 radical (unpaired) electrons. The number of rotatable bonds is 1. The van der Waals surface area contributed by atoms with Crippen molar-refractivity contribution in [1.82, 2.24) is 4.90 Å². The normalized spacial score (nSPS) is 18.9. The zero-order valence-corrected chi connectivity index (χ0v) is 10.4. The van der Waals surface area contributed by atoms with Crippen LogP contribution in [-0.2, 0) is 17.6 Å². The van der Waals surface area contributed by atoms with E-state index >= 15 is 0 Å². The fourth-order valence-electron chi connectivity index (χ4n) is 2.84. The van der Waals surface area contributed by atoms with Crippen LogP contribution < -0.4 is 0 Å². The standard InChI is InChI=1S/C15H17NO2/c17-14-6-5-11-9-13(4-3-12(11)10-14)15(18)16-7-1-2-8-16/h3-4,9H,1-2,5-8,10H2. The molecule has 1 aliphatic heterocycles. The highest BCUT2D eigenvalue weighted by Crippen LogP contribution is 2.22. The van der Waals surface area contributed by atoms with Gasteiger partial charge < -0.3 is 4.90 Å². The maximum atomic E-state index is 12.3. The van der Waals surface area contributed by atoms with Gasteiger partial charge in [-0.2, -0.15) is 0 Å². The Kier molecular flexibility index (Phi) is 2.90. The lowest BCUT2D eigenvalue weighted by molar-refractivity contribution is -0.118. The van der Waals surface area contributed by atoms with E-state index < -0.39 is 0 Å². The predicted molar refractivity (Wildman–Crippen MR) is 68.6 cm³/mol. The smallest absolute Gasteiger partial charge is 0.253 e. The number of amides is 1. The van der Waals surface area contributed by atoms with Crippen molar-refractivity contribution < 1.29 is 9.59 Å². The van der Waals surface area contributed by atoms with Gasteiger partial charge in [-0.25, -0.2) is 0 Å². The highest BCUT2D eigenvalue weighted by molar-refractivity contribution is 5.95. The average molecular weight is 243 g/mol. The van der Waals surface area contributed by atoms with E-state index in [4.69, 9.17) is 0 Å². The third kappa shape index (κ3) is 2.05. The third-order valence-electron chi connectivity index (χ3n) is 3.91. The molecule has 0 aromatic heterocycles. The largest absolute Gasteiger partial charge is 0.339 e. The number of benzene rings is 1. The molecule has 2 aliphatic rings. The number of hydrogen-bond donors (Lipinski definition) is 0. The Balaban J connectivity index is 1.85. The van der Waals surface area contributed by atoms with Crippen LogP contribution in [0.3, 0.4) is 0 Å². The minimum atomic E-state index is 0.146. The van der Waals surface area contributed by atoms with Gasteiger partial charge in [-0.05, 0) is 42.5 Å². The van der Waals surface area contributed by atoms with Crippen LogP contribution in [0.2, 0.25) is 0 Å². The molecule has 1 amide bonds. The Bertz CT molecular complexity index is 501. The van der Waals surface area contributed by atoms with Crippen molar-refractivity contribution in [3.63, 3.8) is 0 Å². The van der Waals surface area contributed by atoms with Crippen molar-refractivity contribution in [3.8, 4) is 0 Å². The van der Waals surface area contributed by atoms with Crippen molar-refractivity contribution in [3.05, 3.63) is 34.9 Å².